The predicted molar refractivity (Wildman–Crippen MR) is 103 cm³/mol. The van der Waals surface area contributed by atoms with Gasteiger partial charge in [0.05, 0.1) is 18.3 Å². The Morgan fingerprint density at radius 3 is 2.04 bits per heavy atom. The van der Waals surface area contributed by atoms with Crippen molar-refractivity contribution in [2.45, 2.75) is 127 Å². The normalized spacial score (nSPS) is 37.3. The number of ether oxygens (including phenoxy) is 1. The summed E-state index contributed by atoms with van der Waals surface area (Å²) in [7, 11) is 0. The molecular weight excluding hydrogens is 308 g/mol. The standard InChI is InChI=1S/C23H40O2/c24-21-16-17-23(25-22-14-8-3-9-15-22)20-12-6-1-4-10-19(18-21)11-5-2-7-13-20/h14,19-23H,1-13,15-18H2. The molecule has 4 rings (SSSR count). The Labute approximate surface area is 156 Å². The van der Waals surface area contributed by atoms with E-state index in [2.05, 4.69) is 6.42 Å². The fourth-order valence-electron chi connectivity index (χ4n) is 5.44. The highest BCUT2D eigenvalue weighted by Crippen LogP contribution is 2.34. The van der Waals surface area contributed by atoms with E-state index in [4.69, 9.17) is 4.74 Å². The van der Waals surface area contributed by atoms with Gasteiger partial charge in [-0.25, -0.2) is 5.11 Å². The molecule has 0 spiro atoms. The van der Waals surface area contributed by atoms with E-state index in [1.807, 2.05) is 0 Å². The molecule has 0 aromatic carbocycles. The smallest absolute Gasteiger partial charge is 0.0933 e. The van der Waals surface area contributed by atoms with Gasteiger partial charge in [0.15, 0.2) is 0 Å². The molecule has 0 amide bonds. The fourth-order valence-corrected chi connectivity index (χ4v) is 5.44. The van der Waals surface area contributed by atoms with Crippen molar-refractivity contribution in [3.05, 3.63) is 6.42 Å². The maximum absolute atomic E-state index is 12.7. The van der Waals surface area contributed by atoms with E-state index < -0.39 is 0 Å². The Morgan fingerprint density at radius 2 is 1.36 bits per heavy atom. The molecule has 0 aliphatic heterocycles. The van der Waals surface area contributed by atoms with Crippen LogP contribution in [0.1, 0.15) is 109 Å². The van der Waals surface area contributed by atoms with Gasteiger partial charge in [0.2, 0.25) is 0 Å². The van der Waals surface area contributed by atoms with E-state index in [-0.39, 0.29) is 6.10 Å². The summed E-state index contributed by atoms with van der Waals surface area (Å²) in [6.45, 7) is 0. The van der Waals surface area contributed by atoms with Crippen LogP contribution in [0.3, 0.4) is 0 Å². The van der Waals surface area contributed by atoms with Gasteiger partial charge in [-0.2, -0.15) is 0 Å². The molecule has 0 saturated heterocycles. The zero-order chi connectivity index (χ0) is 17.3. The average Bonchev–Trinajstić information content (AvgIpc) is 2.61. The van der Waals surface area contributed by atoms with Crippen molar-refractivity contribution < 1.29 is 9.84 Å². The van der Waals surface area contributed by atoms with E-state index in [9.17, 15) is 5.11 Å². The molecule has 0 heterocycles. The third-order valence-corrected chi connectivity index (χ3v) is 6.99. The summed E-state index contributed by atoms with van der Waals surface area (Å²) in [5.74, 6) is 1.39. The molecule has 2 nitrogen and oxygen atoms in total. The summed E-state index contributed by atoms with van der Waals surface area (Å²) < 4.78 is 6.64. The lowest BCUT2D eigenvalue weighted by Crippen LogP contribution is -2.32. The molecule has 25 heavy (non-hydrogen) atoms. The highest BCUT2D eigenvalue weighted by molar-refractivity contribution is 4.85. The van der Waals surface area contributed by atoms with Crippen LogP contribution in [0, 0.1) is 18.3 Å². The van der Waals surface area contributed by atoms with Gasteiger partial charge in [-0.3, -0.25) is 0 Å². The van der Waals surface area contributed by atoms with Crippen molar-refractivity contribution in [3.63, 3.8) is 0 Å². The van der Waals surface area contributed by atoms with Gasteiger partial charge in [-0.15, -0.1) is 0 Å². The van der Waals surface area contributed by atoms with Crippen LogP contribution < -0.4 is 0 Å². The Balaban J connectivity index is 1.67. The third-order valence-electron chi connectivity index (χ3n) is 6.99. The number of hydrogen-bond donors (Lipinski definition) is 0. The lowest BCUT2D eigenvalue weighted by atomic mass is 9.81. The van der Waals surface area contributed by atoms with Crippen LogP contribution in [0.25, 0.3) is 0 Å². The van der Waals surface area contributed by atoms with E-state index >= 15 is 0 Å². The molecule has 4 saturated carbocycles. The second-order valence-electron chi connectivity index (χ2n) is 9.07. The van der Waals surface area contributed by atoms with Crippen LogP contribution in [0.2, 0.25) is 0 Å². The first kappa shape index (κ1) is 19.7. The van der Waals surface area contributed by atoms with Gasteiger partial charge in [0, 0.05) is 0 Å². The number of fused-ring (bicyclic) bond motifs is 12. The minimum atomic E-state index is -0.356. The van der Waals surface area contributed by atoms with Crippen LogP contribution in [-0.2, 0) is 9.84 Å². The van der Waals surface area contributed by atoms with Crippen LogP contribution in [0.4, 0.5) is 0 Å². The first-order valence-electron chi connectivity index (χ1n) is 11.5. The largest absolute Gasteiger partial charge is 0.374 e. The molecule has 3 unspecified atom stereocenters. The molecule has 2 heteroatoms. The summed E-state index contributed by atoms with van der Waals surface area (Å²) in [5.41, 5.74) is 0. The molecule has 4 aliphatic carbocycles. The average molecular weight is 349 g/mol. The number of hydrogen-bond acceptors (Lipinski definition) is 1. The summed E-state index contributed by atoms with van der Waals surface area (Å²) in [4.78, 5) is 0. The summed E-state index contributed by atoms with van der Waals surface area (Å²) >= 11 is 0. The molecule has 2 bridgehead atoms. The topological polar surface area (TPSA) is 29.1 Å². The third kappa shape index (κ3) is 6.86. The number of rotatable bonds is 2. The molecule has 144 valence electrons. The maximum Gasteiger partial charge on any atom is 0.0933 e. The van der Waals surface area contributed by atoms with Crippen molar-refractivity contribution in [3.8, 4) is 0 Å². The van der Waals surface area contributed by atoms with Gasteiger partial charge in [-0.1, -0.05) is 64.2 Å². The monoisotopic (exact) mass is 348 g/mol. The Hall–Kier alpha value is -0.0800. The molecule has 3 atom stereocenters. The van der Waals surface area contributed by atoms with Crippen LogP contribution in [0.5, 0.6) is 0 Å². The van der Waals surface area contributed by atoms with Gasteiger partial charge in [0.25, 0.3) is 0 Å². The first-order valence-corrected chi connectivity index (χ1v) is 11.5. The van der Waals surface area contributed by atoms with E-state index in [0.717, 1.165) is 19.3 Å². The summed E-state index contributed by atoms with van der Waals surface area (Å²) in [5, 5.41) is 12.7. The second-order valence-corrected chi connectivity index (χ2v) is 9.07. The highest BCUT2D eigenvalue weighted by Gasteiger charge is 2.28. The van der Waals surface area contributed by atoms with Crippen LogP contribution in [-0.4, -0.2) is 18.3 Å². The van der Waals surface area contributed by atoms with Crippen LogP contribution in [0.15, 0.2) is 0 Å². The lowest BCUT2D eigenvalue weighted by molar-refractivity contribution is -0.0581. The zero-order valence-corrected chi connectivity index (χ0v) is 16.3. The van der Waals surface area contributed by atoms with E-state index in [1.54, 1.807) is 0 Å². The minimum Gasteiger partial charge on any atom is -0.374 e. The minimum absolute atomic E-state index is 0.341. The summed E-state index contributed by atoms with van der Waals surface area (Å²) in [6, 6.07) is 0. The van der Waals surface area contributed by atoms with Crippen molar-refractivity contribution in [1.82, 2.24) is 0 Å². The quantitative estimate of drug-likeness (QED) is 0.549. The molecule has 4 aliphatic rings. The van der Waals surface area contributed by atoms with Crippen molar-refractivity contribution in [2.24, 2.45) is 11.8 Å². The van der Waals surface area contributed by atoms with Gasteiger partial charge >= 0.3 is 0 Å². The van der Waals surface area contributed by atoms with Crippen LogP contribution >= 0.6 is 0 Å². The van der Waals surface area contributed by atoms with E-state index in [0.29, 0.717) is 24.0 Å². The fraction of sp³-hybridized carbons (Fsp3) is 0.957. The van der Waals surface area contributed by atoms with Gasteiger partial charge in [0.1, 0.15) is 0 Å². The molecule has 0 aromatic rings. The molecule has 4 fully saturated rings. The molecule has 2 radical (unpaired) electrons. The first-order chi connectivity index (χ1) is 12.3. The van der Waals surface area contributed by atoms with E-state index in [1.165, 1.54) is 89.9 Å². The van der Waals surface area contributed by atoms with Gasteiger partial charge < -0.3 is 4.74 Å². The lowest BCUT2D eigenvalue weighted by Gasteiger charge is -2.34. The Bertz CT molecular complexity index is 336. The Kier molecular flexibility index (Phi) is 8.60. The zero-order valence-electron chi connectivity index (χ0n) is 16.3. The van der Waals surface area contributed by atoms with Crippen molar-refractivity contribution >= 4 is 0 Å². The SMILES string of the molecule is [O]C1CCC(OC2[CH]CCCC2)C2CCCCCC(CCCCC2)C1. The molecule has 0 aromatic heterocycles. The van der Waals surface area contributed by atoms with Gasteiger partial charge in [-0.05, 0) is 63.2 Å². The van der Waals surface area contributed by atoms with Crippen molar-refractivity contribution in [2.75, 3.05) is 0 Å². The highest BCUT2D eigenvalue weighted by atomic mass is 16.5. The van der Waals surface area contributed by atoms with Crippen molar-refractivity contribution in [1.29, 1.82) is 0 Å². The summed E-state index contributed by atoms with van der Waals surface area (Å²) in [6.07, 6.45) is 24.0. The second kappa shape index (κ2) is 10.9. The molecule has 0 N–H and O–H groups in total. The predicted octanol–water partition coefficient (Wildman–Crippen LogP) is 6.65. The maximum atomic E-state index is 12.7. The molecular formula is C23H40O2. The Morgan fingerprint density at radius 1 is 0.680 bits per heavy atom.